The minimum absolute atomic E-state index is 0.00737. The summed E-state index contributed by atoms with van der Waals surface area (Å²) >= 11 is 0. The van der Waals surface area contributed by atoms with Crippen molar-refractivity contribution < 1.29 is 29.7 Å². The zero-order valence-electron chi connectivity index (χ0n) is 32.2. The van der Waals surface area contributed by atoms with Crippen molar-refractivity contribution in [3.05, 3.63) is 12.2 Å². The van der Waals surface area contributed by atoms with Gasteiger partial charge in [-0.05, 0) is 135 Å². The van der Waals surface area contributed by atoms with Crippen LogP contribution in [0.15, 0.2) is 12.2 Å². The number of rotatable bonds is 14. The summed E-state index contributed by atoms with van der Waals surface area (Å²) in [6.07, 6.45) is 15.5. The third-order valence-electron chi connectivity index (χ3n) is 16.4. The average molecular weight is 699 g/mol. The van der Waals surface area contributed by atoms with Crippen molar-refractivity contribution in [1.82, 2.24) is 10.6 Å². The number of aliphatic carboxylic acids is 1. The maximum absolute atomic E-state index is 14.4. The van der Waals surface area contributed by atoms with Crippen LogP contribution in [0.1, 0.15) is 151 Å². The van der Waals surface area contributed by atoms with Gasteiger partial charge in [0.1, 0.15) is 6.04 Å². The second-order valence-electron chi connectivity index (χ2n) is 19.0. The number of unbranched alkanes of at least 4 members (excludes halogenated alkanes) is 4. The summed E-state index contributed by atoms with van der Waals surface area (Å²) in [4.78, 5) is 37.7. The number of allylic oxidation sites excluding steroid dienone is 1. The van der Waals surface area contributed by atoms with Gasteiger partial charge in [-0.3, -0.25) is 9.59 Å². The molecule has 11 atom stereocenters. The number of hydrogen-bond acceptors (Lipinski definition) is 5. The maximum atomic E-state index is 14.4. The lowest BCUT2D eigenvalue weighted by atomic mass is 9.32. The smallest absolute Gasteiger partial charge is 0.326 e. The van der Waals surface area contributed by atoms with Gasteiger partial charge in [0, 0.05) is 26.0 Å². The van der Waals surface area contributed by atoms with Gasteiger partial charge in [0.05, 0.1) is 11.5 Å². The first-order chi connectivity index (χ1) is 23.5. The van der Waals surface area contributed by atoms with E-state index in [4.69, 9.17) is 10.2 Å². The van der Waals surface area contributed by atoms with E-state index < -0.39 is 12.0 Å². The van der Waals surface area contributed by atoms with Gasteiger partial charge in [-0.2, -0.15) is 0 Å². The largest absolute Gasteiger partial charge is 0.480 e. The first-order valence-electron chi connectivity index (χ1n) is 20.2. The molecular formula is C42H70N2O6. The number of carbonyl (C=O) groups excluding carboxylic acids is 2. The lowest BCUT2D eigenvalue weighted by Gasteiger charge is -2.72. The summed E-state index contributed by atoms with van der Waals surface area (Å²) in [7, 11) is 0. The van der Waals surface area contributed by atoms with E-state index in [2.05, 4.69) is 58.8 Å². The number of carboxylic acid groups (broad SMARTS) is 1. The second kappa shape index (κ2) is 14.8. The number of nitrogens with one attached hydrogen (secondary N) is 2. The van der Waals surface area contributed by atoms with Crippen LogP contribution in [-0.4, -0.2) is 58.4 Å². The molecule has 5 N–H and O–H groups in total. The predicted octanol–water partition coefficient (Wildman–Crippen LogP) is 7.41. The van der Waals surface area contributed by atoms with Crippen molar-refractivity contribution in [2.75, 3.05) is 13.2 Å². The Bertz CT molecular complexity index is 1280. The molecule has 0 aliphatic heterocycles. The fourth-order valence-electron chi connectivity index (χ4n) is 13.5. The lowest BCUT2D eigenvalue weighted by molar-refractivity contribution is -0.246. The van der Waals surface area contributed by atoms with Crippen molar-refractivity contribution in [2.45, 2.75) is 163 Å². The van der Waals surface area contributed by atoms with E-state index in [1.807, 2.05) is 0 Å². The Morgan fingerprint density at radius 1 is 0.820 bits per heavy atom. The minimum atomic E-state index is -1.13. The molecule has 284 valence electrons. The fraction of sp³-hybridized carbons (Fsp3) is 0.881. The van der Waals surface area contributed by atoms with Crippen LogP contribution < -0.4 is 10.6 Å². The highest BCUT2D eigenvalue weighted by Gasteiger charge is 2.71. The van der Waals surface area contributed by atoms with Gasteiger partial charge in [0.15, 0.2) is 0 Å². The van der Waals surface area contributed by atoms with Crippen molar-refractivity contribution in [2.24, 2.45) is 56.7 Å². The van der Waals surface area contributed by atoms with Crippen LogP contribution in [0.3, 0.4) is 0 Å². The molecule has 0 heterocycles. The number of hydrogen-bond donors (Lipinski definition) is 5. The highest BCUT2D eigenvalue weighted by molar-refractivity contribution is 5.84. The van der Waals surface area contributed by atoms with Crippen molar-refractivity contribution >= 4 is 17.8 Å². The first kappa shape index (κ1) is 39.3. The molecule has 0 bridgehead atoms. The van der Waals surface area contributed by atoms with Gasteiger partial charge < -0.3 is 26.0 Å². The summed E-state index contributed by atoms with van der Waals surface area (Å²) in [6, 6.07) is -1.04. The molecule has 0 aromatic heterocycles. The molecular weight excluding hydrogens is 628 g/mol. The summed E-state index contributed by atoms with van der Waals surface area (Å²) < 4.78 is 0. The fourth-order valence-corrected chi connectivity index (χ4v) is 13.5. The molecule has 8 nitrogen and oxygen atoms in total. The summed E-state index contributed by atoms with van der Waals surface area (Å²) in [5.74, 6) is 1.31. The number of carboxylic acids is 1. The monoisotopic (exact) mass is 699 g/mol. The van der Waals surface area contributed by atoms with E-state index in [0.717, 1.165) is 64.2 Å². The maximum Gasteiger partial charge on any atom is 0.326 e. The molecule has 0 saturated heterocycles. The van der Waals surface area contributed by atoms with Gasteiger partial charge in [-0.15, -0.1) is 0 Å². The first-order valence-corrected chi connectivity index (χ1v) is 20.2. The van der Waals surface area contributed by atoms with Crippen LogP contribution in [0.25, 0.3) is 0 Å². The van der Waals surface area contributed by atoms with E-state index in [1.165, 1.54) is 31.3 Å². The summed E-state index contributed by atoms with van der Waals surface area (Å²) in [5.41, 5.74) is 1.54. The van der Waals surface area contributed by atoms with Crippen LogP contribution in [0, 0.1) is 56.7 Å². The Morgan fingerprint density at radius 3 is 2.20 bits per heavy atom. The molecule has 5 aliphatic carbocycles. The molecule has 50 heavy (non-hydrogen) atoms. The topological polar surface area (TPSA) is 136 Å². The molecule has 8 heteroatoms. The minimum Gasteiger partial charge on any atom is -0.480 e. The van der Waals surface area contributed by atoms with E-state index in [0.29, 0.717) is 42.6 Å². The number of aliphatic hydroxyl groups excluding tert-OH is 2. The Hall–Kier alpha value is -1.93. The Morgan fingerprint density at radius 2 is 1.52 bits per heavy atom. The van der Waals surface area contributed by atoms with E-state index in [-0.39, 0.29) is 64.4 Å². The zero-order valence-corrected chi connectivity index (χ0v) is 32.2. The zero-order chi connectivity index (χ0) is 36.7. The van der Waals surface area contributed by atoms with Crippen LogP contribution in [0.2, 0.25) is 0 Å². The average Bonchev–Trinajstić information content (AvgIpc) is 3.45. The van der Waals surface area contributed by atoms with Crippen molar-refractivity contribution in [3.8, 4) is 0 Å². The molecule has 5 fully saturated rings. The molecule has 1 unspecified atom stereocenters. The lowest BCUT2D eigenvalue weighted by Crippen LogP contribution is -2.67. The predicted molar refractivity (Wildman–Crippen MR) is 197 cm³/mol. The van der Waals surface area contributed by atoms with Crippen LogP contribution >= 0.6 is 0 Å². The normalized spacial score (nSPS) is 40.7. The van der Waals surface area contributed by atoms with E-state index >= 15 is 0 Å². The quantitative estimate of drug-likeness (QED) is 0.0947. The van der Waals surface area contributed by atoms with Gasteiger partial charge >= 0.3 is 5.97 Å². The Kier molecular flexibility index (Phi) is 11.7. The number of carbonyl (C=O) groups is 3. The Labute approximate surface area is 302 Å². The Balaban J connectivity index is 1.19. The molecule has 0 aromatic rings. The molecule has 0 radical (unpaired) electrons. The number of amides is 2. The van der Waals surface area contributed by atoms with Gasteiger partial charge in [-0.25, -0.2) is 4.79 Å². The van der Waals surface area contributed by atoms with Crippen LogP contribution in [0.4, 0.5) is 0 Å². The van der Waals surface area contributed by atoms with Crippen LogP contribution in [0.5, 0.6) is 0 Å². The molecule has 0 spiro atoms. The summed E-state index contributed by atoms with van der Waals surface area (Å²) in [6.45, 7) is 19.6. The van der Waals surface area contributed by atoms with Crippen LogP contribution in [-0.2, 0) is 14.4 Å². The third kappa shape index (κ3) is 6.60. The molecule has 2 amide bonds. The van der Waals surface area contributed by atoms with Gasteiger partial charge in [-0.1, -0.05) is 66.0 Å². The molecule has 5 aliphatic rings. The molecule has 0 aromatic carbocycles. The number of fused-ring (bicyclic) bond motifs is 7. The standard InChI is InChI=1S/C42H70N2O6/c1-27(2)28-16-22-42(37(50)43-25-12-10-8-9-11-13-34(47)44-30(19-26-45)36(48)49)24-23-40(6)29(35(28)42)14-15-32-39(5)20-18-33(46)38(3,4)31(39)17-21-41(32,40)7/h28-33,35,45-46H,1,8-26H2,2-7H3,(H,43,50)(H,44,47)(H,48,49)/t28-,29+,30-,31-,32?,33-,35+,39-,40+,41+,42-/m0/s1. The second-order valence-corrected chi connectivity index (χ2v) is 19.0. The third-order valence-corrected chi connectivity index (χ3v) is 16.4. The van der Waals surface area contributed by atoms with Gasteiger partial charge in [0.2, 0.25) is 11.8 Å². The molecule has 5 rings (SSSR count). The van der Waals surface area contributed by atoms with E-state index in [9.17, 15) is 19.5 Å². The van der Waals surface area contributed by atoms with E-state index in [1.54, 1.807) is 0 Å². The SMILES string of the molecule is C=C(C)[C@@H]1CC[C@]2(C(=O)NCCCCCCCC(=O)N[C@@H](CCO)C(=O)O)CC[C@]3(C)[C@H](CCC4[C@@]5(C)CC[C@H](O)C(C)(C)[C@@H]5CC[C@]43C)[C@@H]12. The molecule has 5 saturated carbocycles. The van der Waals surface area contributed by atoms with Crippen molar-refractivity contribution in [1.29, 1.82) is 0 Å². The highest BCUT2D eigenvalue weighted by atomic mass is 16.4. The van der Waals surface area contributed by atoms with Crippen molar-refractivity contribution in [3.63, 3.8) is 0 Å². The number of aliphatic hydroxyl groups is 2. The van der Waals surface area contributed by atoms with Gasteiger partial charge in [0.25, 0.3) is 0 Å². The summed E-state index contributed by atoms with van der Waals surface area (Å²) in [5, 5.41) is 35.2. The highest BCUT2D eigenvalue weighted by Crippen LogP contribution is 2.77.